The lowest BCUT2D eigenvalue weighted by Crippen LogP contribution is -2.16. The van der Waals surface area contributed by atoms with Crippen LogP contribution in [0.25, 0.3) is 15.9 Å². The minimum atomic E-state index is -1.11. The van der Waals surface area contributed by atoms with Crippen molar-refractivity contribution >= 4 is 44.0 Å². The van der Waals surface area contributed by atoms with E-state index in [1.807, 2.05) is 6.92 Å². The lowest BCUT2D eigenvalue weighted by atomic mass is 10.1. The summed E-state index contributed by atoms with van der Waals surface area (Å²) < 4.78 is 18.8. The second-order valence-corrected chi connectivity index (χ2v) is 9.30. The van der Waals surface area contributed by atoms with Crippen LogP contribution in [0.15, 0.2) is 70.4 Å². The summed E-state index contributed by atoms with van der Waals surface area (Å²) in [5.41, 5.74) is 7.77. The van der Waals surface area contributed by atoms with Crippen LogP contribution in [-0.2, 0) is 17.2 Å². The van der Waals surface area contributed by atoms with E-state index < -0.39 is 16.8 Å². The summed E-state index contributed by atoms with van der Waals surface area (Å²) >= 11 is 1.19. The fraction of sp³-hybridized carbons (Fsp3) is 0.130. The third-order valence-corrected chi connectivity index (χ3v) is 6.97. The summed E-state index contributed by atoms with van der Waals surface area (Å²) in [5.74, 6) is -0.0669. The zero-order chi connectivity index (χ0) is 22.1. The first-order chi connectivity index (χ1) is 14.9. The van der Waals surface area contributed by atoms with Gasteiger partial charge in [-0.05, 0) is 55.0 Å². The summed E-state index contributed by atoms with van der Waals surface area (Å²) in [6, 6.07) is 17.0. The van der Waals surface area contributed by atoms with Gasteiger partial charge in [-0.25, -0.2) is 4.79 Å². The van der Waals surface area contributed by atoms with Gasteiger partial charge in [0, 0.05) is 44.7 Å². The Morgan fingerprint density at radius 2 is 1.87 bits per heavy atom. The van der Waals surface area contributed by atoms with Gasteiger partial charge >= 0.3 is 5.97 Å². The van der Waals surface area contributed by atoms with Gasteiger partial charge in [0.2, 0.25) is 0 Å². The average molecular weight is 453 g/mol. The molecule has 0 aliphatic carbocycles. The lowest BCUT2D eigenvalue weighted by Gasteiger charge is -2.10. The van der Waals surface area contributed by atoms with E-state index in [0.29, 0.717) is 38.1 Å². The molecule has 0 radical (unpaired) electrons. The summed E-state index contributed by atoms with van der Waals surface area (Å²) in [6.45, 7) is 1.94. The molecule has 4 rings (SSSR count). The maximum Gasteiger partial charge on any atom is 0.353 e. The van der Waals surface area contributed by atoms with Crippen LogP contribution in [0.1, 0.15) is 22.2 Å². The van der Waals surface area contributed by atoms with E-state index in [1.54, 1.807) is 60.9 Å². The van der Waals surface area contributed by atoms with E-state index >= 15 is 0 Å². The number of carbonyl (C=O) groups is 1. The zero-order valence-corrected chi connectivity index (χ0v) is 18.6. The standard InChI is InChI=1S/C23H20N2O4S2/c1-3-17-18(24)5-4-6-19(17)29-23(27)20-13-14-7-12-21(26)25(22(14)30-20)15-8-10-16(11-9-15)31(2)28/h4-13H,3,24H2,1-2H3. The van der Waals surface area contributed by atoms with E-state index in [-0.39, 0.29) is 5.56 Å². The number of fused-ring (bicyclic) bond motifs is 1. The number of nitrogens with two attached hydrogens (primary N) is 1. The Bertz CT molecular complexity index is 1370. The third-order valence-electron chi connectivity index (χ3n) is 4.92. The van der Waals surface area contributed by atoms with Crippen LogP contribution in [0.5, 0.6) is 5.75 Å². The predicted octanol–water partition coefficient (Wildman–Crippen LogP) is 4.15. The maximum atomic E-state index is 12.8. The van der Waals surface area contributed by atoms with Crippen LogP contribution in [0.3, 0.4) is 0 Å². The largest absolute Gasteiger partial charge is 0.422 e. The summed E-state index contributed by atoms with van der Waals surface area (Å²) in [4.78, 5) is 27.2. The first-order valence-electron chi connectivity index (χ1n) is 9.58. The molecule has 0 aliphatic rings. The fourth-order valence-corrected chi connectivity index (χ4v) is 4.93. The molecule has 0 aliphatic heterocycles. The molecular weight excluding hydrogens is 432 g/mol. The summed E-state index contributed by atoms with van der Waals surface area (Å²) in [6.07, 6.45) is 2.24. The summed E-state index contributed by atoms with van der Waals surface area (Å²) in [5, 5.41) is 0.753. The number of carbonyl (C=O) groups excluding carboxylic acids is 1. The van der Waals surface area contributed by atoms with E-state index in [9.17, 15) is 13.8 Å². The van der Waals surface area contributed by atoms with E-state index in [2.05, 4.69) is 0 Å². The topological polar surface area (TPSA) is 91.4 Å². The van der Waals surface area contributed by atoms with Crippen molar-refractivity contribution in [1.29, 1.82) is 0 Å². The van der Waals surface area contributed by atoms with Crippen molar-refractivity contribution < 1.29 is 13.7 Å². The monoisotopic (exact) mass is 452 g/mol. The molecule has 0 spiro atoms. The molecule has 2 aromatic carbocycles. The number of nitrogen functional groups attached to an aromatic ring is 1. The minimum absolute atomic E-state index is 0.219. The van der Waals surface area contributed by atoms with Crippen LogP contribution in [0.4, 0.5) is 5.69 Å². The number of ether oxygens (including phenoxy) is 1. The number of aromatic nitrogens is 1. The number of anilines is 1. The Morgan fingerprint density at radius 3 is 2.55 bits per heavy atom. The van der Waals surface area contributed by atoms with Gasteiger partial charge in [0.15, 0.2) is 0 Å². The van der Waals surface area contributed by atoms with Crippen molar-refractivity contribution in [3.05, 3.63) is 81.5 Å². The van der Waals surface area contributed by atoms with Crippen molar-refractivity contribution in [2.75, 3.05) is 12.0 Å². The molecule has 0 fully saturated rings. The Morgan fingerprint density at radius 1 is 1.13 bits per heavy atom. The van der Waals surface area contributed by atoms with Crippen molar-refractivity contribution in [3.8, 4) is 11.4 Å². The molecule has 0 saturated carbocycles. The first-order valence-corrected chi connectivity index (χ1v) is 12.0. The lowest BCUT2D eigenvalue weighted by molar-refractivity contribution is 0.0738. The minimum Gasteiger partial charge on any atom is -0.422 e. The Hall–Kier alpha value is -3.23. The van der Waals surface area contributed by atoms with Gasteiger partial charge in [0.1, 0.15) is 15.5 Å². The number of rotatable bonds is 5. The normalized spacial score (nSPS) is 12.1. The molecule has 4 aromatic rings. The quantitative estimate of drug-likeness (QED) is 0.279. The van der Waals surface area contributed by atoms with Gasteiger partial charge in [0.05, 0.1) is 5.69 Å². The van der Waals surface area contributed by atoms with Crippen LogP contribution < -0.4 is 16.0 Å². The number of pyridine rings is 1. The fourth-order valence-electron chi connectivity index (χ4n) is 3.36. The molecule has 1 unspecified atom stereocenters. The molecule has 0 amide bonds. The SMILES string of the molecule is CCc1c(N)cccc1OC(=O)c1cc2ccc(=O)n(-c3ccc(S(C)=O)cc3)c2s1. The smallest absolute Gasteiger partial charge is 0.353 e. The zero-order valence-electron chi connectivity index (χ0n) is 17.0. The second-order valence-electron chi connectivity index (χ2n) is 6.89. The van der Waals surface area contributed by atoms with Gasteiger partial charge in [-0.15, -0.1) is 11.3 Å². The third kappa shape index (κ3) is 4.04. The molecule has 0 saturated heterocycles. The van der Waals surface area contributed by atoms with Crippen molar-refractivity contribution in [2.24, 2.45) is 0 Å². The molecule has 2 heterocycles. The van der Waals surface area contributed by atoms with E-state index in [4.69, 9.17) is 10.5 Å². The molecule has 6 nitrogen and oxygen atoms in total. The maximum absolute atomic E-state index is 12.8. The molecule has 0 bridgehead atoms. The number of hydrogen-bond acceptors (Lipinski definition) is 6. The van der Waals surface area contributed by atoms with E-state index in [1.165, 1.54) is 22.0 Å². The number of thiophene rings is 1. The van der Waals surface area contributed by atoms with Crippen molar-refractivity contribution in [1.82, 2.24) is 4.57 Å². The second kappa shape index (κ2) is 8.49. The number of nitrogens with zero attached hydrogens (tertiary/aromatic N) is 1. The Kier molecular flexibility index (Phi) is 5.75. The van der Waals surface area contributed by atoms with Gasteiger partial charge in [-0.2, -0.15) is 0 Å². The van der Waals surface area contributed by atoms with Gasteiger partial charge in [-0.1, -0.05) is 13.0 Å². The predicted molar refractivity (Wildman–Crippen MR) is 125 cm³/mol. The molecule has 158 valence electrons. The summed E-state index contributed by atoms with van der Waals surface area (Å²) in [7, 11) is -1.11. The van der Waals surface area contributed by atoms with Crippen LogP contribution >= 0.6 is 11.3 Å². The highest BCUT2D eigenvalue weighted by Crippen LogP contribution is 2.30. The highest BCUT2D eigenvalue weighted by molar-refractivity contribution is 7.84. The van der Waals surface area contributed by atoms with Crippen molar-refractivity contribution in [2.45, 2.75) is 18.2 Å². The molecule has 2 N–H and O–H groups in total. The van der Waals surface area contributed by atoms with Gasteiger partial charge in [0.25, 0.3) is 5.56 Å². The van der Waals surface area contributed by atoms with Gasteiger partial charge < -0.3 is 10.5 Å². The van der Waals surface area contributed by atoms with E-state index in [0.717, 1.165) is 10.9 Å². The van der Waals surface area contributed by atoms with Gasteiger partial charge in [-0.3, -0.25) is 13.6 Å². The number of benzene rings is 2. The first kappa shape index (κ1) is 21.0. The molecular formula is C23H20N2O4S2. The molecule has 31 heavy (non-hydrogen) atoms. The Balaban J connectivity index is 1.74. The number of hydrogen-bond donors (Lipinski definition) is 1. The Labute approximate surface area is 185 Å². The highest BCUT2D eigenvalue weighted by atomic mass is 32.2. The average Bonchev–Trinajstić information content (AvgIpc) is 3.18. The number of esters is 1. The molecule has 8 heteroatoms. The van der Waals surface area contributed by atoms with Crippen LogP contribution in [0.2, 0.25) is 0 Å². The van der Waals surface area contributed by atoms with Crippen LogP contribution in [-0.4, -0.2) is 21.0 Å². The van der Waals surface area contributed by atoms with Crippen LogP contribution in [0, 0.1) is 0 Å². The molecule has 1 atom stereocenters. The highest BCUT2D eigenvalue weighted by Gasteiger charge is 2.18. The molecule has 2 aromatic heterocycles. The van der Waals surface area contributed by atoms with Crippen molar-refractivity contribution in [3.63, 3.8) is 0 Å².